The van der Waals surface area contributed by atoms with E-state index < -0.39 is 0 Å². The molecule has 5 fully saturated rings. The molecule has 108 valence electrons. The number of nitrogens with two attached hydrogens (primary N) is 1. The molecular formula is C16H28N2O. The second-order valence-electron chi connectivity index (χ2n) is 7.51. The zero-order chi connectivity index (χ0) is 12.8. The van der Waals surface area contributed by atoms with Gasteiger partial charge in [-0.15, -0.1) is 0 Å². The molecule has 0 aromatic rings. The number of ether oxygens (including phenoxy) is 1. The van der Waals surface area contributed by atoms with Crippen LogP contribution in [0, 0.1) is 29.6 Å². The number of rotatable bonds is 3. The van der Waals surface area contributed by atoms with Crippen LogP contribution in [0.1, 0.15) is 32.1 Å². The molecule has 4 aliphatic carbocycles. The zero-order valence-corrected chi connectivity index (χ0v) is 12.0. The van der Waals surface area contributed by atoms with Crippen LogP contribution in [0.25, 0.3) is 0 Å². The molecule has 0 aromatic carbocycles. The van der Waals surface area contributed by atoms with Crippen LogP contribution in [-0.4, -0.2) is 43.8 Å². The molecule has 1 atom stereocenters. The highest BCUT2D eigenvalue weighted by atomic mass is 16.5. The van der Waals surface area contributed by atoms with Gasteiger partial charge in [-0.2, -0.15) is 0 Å². The Kier molecular flexibility index (Phi) is 3.33. The molecule has 0 spiro atoms. The van der Waals surface area contributed by atoms with Crippen molar-refractivity contribution in [2.75, 3.05) is 32.8 Å². The van der Waals surface area contributed by atoms with Crippen LogP contribution >= 0.6 is 0 Å². The summed E-state index contributed by atoms with van der Waals surface area (Å²) in [5.74, 6) is 4.98. The van der Waals surface area contributed by atoms with Crippen LogP contribution in [0.2, 0.25) is 0 Å². The monoisotopic (exact) mass is 264 g/mol. The van der Waals surface area contributed by atoms with Crippen LogP contribution in [0.3, 0.4) is 0 Å². The van der Waals surface area contributed by atoms with Crippen molar-refractivity contribution in [3.05, 3.63) is 0 Å². The van der Waals surface area contributed by atoms with E-state index in [9.17, 15) is 0 Å². The molecule has 19 heavy (non-hydrogen) atoms. The van der Waals surface area contributed by atoms with Gasteiger partial charge in [0.2, 0.25) is 0 Å². The molecule has 2 N–H and O–H groups in total. The Bertz CT molecular complexity index is 303. The fourth-order valence-electron chi connectivity index (χ4n) is 5.92. The third kappa shape index (κ3) is 2.24. The Morgan fingerprint density at radius 2 is 1.68 bits per heavy atom. The molecule has 3 nitrogen and oxygen atoms in total. The molecule has 4 saturated carbocycles. The number of morpholine rings is 1. The van der Waals surface area contributed by atoms with E-state index in [0.29, 0.717) is 6.10 Å². The Balaban J connectivity index is 1.46. The van der Waals surface area contributed by atoms with Crippen molar-refractivity contribution in [2.45, 2.75) is 38.2 Å². The number of hydrogen-bond acceptors (Lipinski definition) is 3. The van der Waals surface area contributed by atoms with Gasteiger partial charge in [-0.3, -0.25) is 4.90 Å². The van der Waals surface area contributed by atoms with Gasteiger partial charge in [0.25, 0.3) is 0 Å². The highest BCUT2D eigenvalue weighted by molar-refractivity contribution is 5.01. The summed E-state index contributed by atoms with van der Waals surface area (Å²) in [4.78, 5) is 2.53. The molecule has 1 aliphatic heterocycles. The van der Waals surface area contributed by atoms with Crippen LogP contribution < -0.4 is 5.73 Å². The maximum atomic E-state index is 6.20. The SMILES string of the molecule is NCCN1CCOC(C2C3CC4CC(C3)CC2C4)C1. The van der Waals surface area contributed by atoms with Crippen LogP contribution in [0.4, 0.5) is 0 Å². The first-order valence-corrected chi connectivity index (χ1v) is 8.37. The second kappa shape index (κ2) is 5.01. The normalized spacial score (nSPS) is 49.7. The predicted molar refractivity (Wildman–Crippen MR) is 75.8 cm³/mol. The minimum absolute atomic E-state index is 0.510. The van der Waals surface area contributed by atoms with Gasteiger partial charge in [0.15, 0.2) is 0 Å². The standard InChI is InChI=1S/C16H28N2O/c17-1-2-18-3-4-19-15(10-18)16-13-6-11-5-12(8-13)9-14(16)7-11/h11-16H,1-10,17H2. The highest BCUT2D eigenvalue weighted by Crippen LogP contribution is 2.57. The summed E-state index contributed by atoms with van der Waals surface area (Å²) in [6, 6.07) is 0. The zero-order valence-electron chi connectivity index (χ0n) is 12.0. The summed E-state index contributed by atoms with van der Waals surface area (Å²) in [6.07, 6.45) is 8.09. The molecule has 1 saturated heterocycles. The maximum Gasteiger partial charge on any atom is 0.0736 e. The molecular weight excluding hydrogens is 236 g/mol. The maximum absolute atomic E-state index is 6.20. The minimum atomic E-state index is 0.510. The third-order valence-electron chi connectivity index (χ3n) is 6.35. The lowest BCUT2D eigenvalue weighted by molar-refractivity contribution is -0.137. The van der Waals surface area contributed by atoms with Crippen molar-refractivity contribution in [2.24, 2.45) is 35.3 Å². The Morgan fingerprint density at radius 3 is 2.32 bits per heavy atom. The topological polar surface area (TPSA) is 38.5 Å². The van der Waals surface area contributed by atoms with E-state index in [1.165, 1.54) is 25.7 Å². The fourth-order valence-corrected chi connectivity index (χ4v) is 5.92. The number of nitrogens with zero attached hydrogens (tertiary/aromatic N) is 1. The van der Waals surface area contributed by atoms with Gasteiger partial charge < -0.3 is 10.5 Å². The Labute approximate surface area is 116 Å². The molecule has 0 radical (unpaired) electrons. The van der Waals surface area contributed by atoms with Gasteiger partial charge in [-0.05, 0) is 61.7 Å². The molecule has 0 aromatic heterocycles. The molecule has 0 amide bonds. The van der Waals surface area contributed by atoms with Gasteiger partial charge in [-0.1, -0.05) is 0 Å². The summed E-state index contributed by atoms with van der Waals surface area (Å²) in [7, 11) is 0. The highest BCUT2D eigenvalue weighted by Gasteiger charge is 2.51. The van der Waals surface area contributed by atoms with E-state index in [4.69, 9.17) is 10.5 Å². The van der Waals surface area contributed by atoms with Crippen LogP contribution in [-0.2, 0) is 4.74 Å². The second-order valence-corrected chi connectivity index (χ2v) is 7.51. The number of hydrogen-bond donors (Lipinski definition) is 1. The molecule has 1 heterocycles. The van der Waals surface area contributed by atoms with Gasteiger partial charge in [0.1, 0.15) is 0 Å². The smallest absolute Gasteiger partial charge is 0.0736 e. The molecule has 5 rings (SSSR count). The van der Waals surface area contributed by atoms with Crippen molar-refractivity contribution < 1.29 is 4.74 Å². The first-order valence-electron chi connectivity index (χ1n) is 8.37. The van der Waals surface area contributed by atoms with E-state index in [-0.39, 0.29) is 0 Å². The summed E-state index contributed by atoms with van der Waals surface area (Å²) in [6.45, 7) is 4.99. The summed E-state index contributed by atoms with van der Waals surface area (Å²) < 4.78 is 6.20. The van der Waals surface area contributed by atoms with Crippen molar-refractivity contribution in [1.29, 1.82) is 0 Å². The summed E-state index contributed by atoms with van der Waals surface area (Å²) >= 11 is 0. The lowest BCUT2D eigenvalue weighted by atomic mass is 9.51. The van der Waals surface area contributed by atoms with Crippen molar-refractivity contribution in [3.63, 3.8) is 0 Å². The average molecular weight is 264 g/mol. The van der Waals surface area contributed by atoms with Gasteiger partial charge >= 0.3 is 0 Å². The van der Waals surface area contributed by atoms with Crippen LogP contribution in [0.5, 0.6) is 0 Å². The first-order chi connectivity index (χ1) is 9.33. The van der Waals surface area contributed by atoms with Crippen LogP contribution in [0.15, 0.2) is 0 Å². The van der Waals surface area contributed by atoms with Crippen molar-refractivity contribution >= 4 is 0 Å². The molecule has 5 aliphatic rings. The third-order valence-corrected chi connectivity index (χ3v) is 6.35. The summed E-state index contributed by atoms with van der Waals surface area (Å²) in [5, 5.41) is 0. The van der Waals surface area contributed by atoms with Gasteiger partial charge in [0, 0.05) is 26.2 Å². The van der Waals surface area contributed by atoms with Gasteiger partial charge in [-0.25, -0.2) is 0 Å². The largest absolute Gasteiger partial charge is 0.375 e. The Hall–Kier alpha value is -0.120. The van der Waals surface area contributed by atoms with E-state index in [2.05, 4.69) is 4.90 Å². The first kappa shape index (κ1) is 12.6. The summed E-state index contributed by atoms with van der Waals surface area (Å²) in [5.41, 5.74) is 5.72. The Morgan fingerprint density at radius 1 is 1.00 bits per heavy atom. The lowest BCUT2D eigenvalue weighted by Gasteiger charge is -2.57. The van der Waals surface area contributed by atoms with E-state index in [1.54, 1.807) is 6.42 Å². The van der Waals surface area contributed by atoms with Gasteiger partial charge in [0.05, 0.1) is 12.7 Å². The fraction of sp³-hybridized carbons (Fsp3) is 1.00. The quantitative estimate of drug-likeness (QED) is 0.843. The molecule has 3 heteroatoms. The molecule has 4 bridgehead atoms. The van der Waals surface area contributed by atoms with E-state index in [0.717, 1.165) is 62.4 Å². The molecule has 1 unspecified atom stereocenters. The average Bonchev–Trinajstić information content (AvgIpc) is 2.38. The van der Waals surface area contributed by atoms with E-state index >= 15 is 0 Å². The minimum Gasteiger partial charge on any atom is -0.375 e. The van der Waals surface area contributed by atoms with E-state index in [1.807, 2.05) is 0 Å². The van der Waals surface area contributed by atoms with Crippen molar-refractivity contribution in [3.8, 4) is 0 Å². The predicted octanol–water partition coefficient (Wildman–Crippen LogP) is 1.72. The lowest BCUT2D eigenvalue weighted by Crippen LogP contribution is -2.55. The van der Waals surface area contributed by atoms with Crippen molar-refractivity contribution in [1.82, 2.24) is 4.90 Å².